The quantitative estimate of drug-likeness (QED) is 0.736. The van der Waals surface area contributed by atoms with E-state index in [1.54, 1.807) is 12.1 Å². The number of nitrogens with two attached hydrogens (primary N) is 1. The second-order valence-electron chi connectivity index (χ2n) is 8.58. The number of amides is 1. The predicted octanol–water partition coefficient (Wildman–Crippen LogP) is 3.76. The molecule has 1 aromatic heterocycles. The maximum absolute atomic E-state index is 13.3. The summed E-state index contributed by atoms with van der Waals surface area (Å²) in [4.78, 5) is 13.8. The zero-order chi connectivity index (χ0) is 20.2. The van der Waals surface area contributed by atoms with E-state index < -0.39 is 0 Å². The summed E-state index contributed by atoms with van der Waals surface area (Å²) in [6, 6.07) is 6.49. The molecule has 5 nitrogen and oxygen atoms in total. The Balaban J connectivity index is 1.51. The Bertz CT molecular complexity index is 839. The van der Waals surface area contributed by atoms with Gasteiger partial charge in [-0.25, -0.2) is 9.07 Å². The molecule has 2 aliphatic rings. The number of hydrogen-bond donors (Lipinski definition) is 1. The molecule has 0 unspecified atom stereocenters. The van der Waals surface area contributed by atoms with Crippen LogP contribution in [0.2, 0.25) is 0 Å². The Morgan fingerprint density at radius 1 is 1.14 bits per heavy atom. The van der Waals surface area contributed by atoms with Gasteiger partial charge in [0.25, 0.3) is 0 Å². The molecule has 2 N–H and O–H groups in total. The minimum absolute atomic E-state index is 0.242. The highest BCUT2D eigenvalue weighted by Gasteiger charge is 2.25. The highest BCUT2D eigenvalue weighted by atomic mass is 19.1. The van der Waals surface area contributed by atoms with E-state index in [9.17, 15) is 9.18 Å². The molecular weight excluding hydrogens is 367 g/mol. The van der Waals surface area contributed by atoms with Crippen LogP contribution in [0.15, 0.2) is 24.3 Å². The molecule has 1 fully saturated rings. The number of primary amides is 1. The maximum atomic E-state index is 13.3. The summed E-state index contributed by atoms with van der Waals surface area (Å²) >= 11 is 0. The molecule has 2 aromatic rings. The molecule has 1 saturated carbocycles. The van der Waals surface area contributed by atoms with Crippen LogP contribution < -0.4 is 5.73 Å². The van der Waals surface area contributed by atoms with Gasteiger partial charge in [0.15, 0.2) is 0 Å². The van der Waals surface area contributed by atoms with Crippen LogP contribution in [0.25, 0.3) is 5.69 Å². The number of benzene rings is 1. The summed E-state index contributed by atoms with van der Waals surface area (Å²) in [5.74, 6) is 0.234. The summed E-state index contributed by atoms with van der Waals surface area (Å²) in [5, 5.41) is 4.87. The number of fused-ring (bicyclic) bond motifs is 1. The van der Waals surface area contributed by atoms with Crippen molar-refractivity contribution < 1.29 is 9.18 Å². The van der Waals surface area contributed by atoms with Crippen molar-refractivity contribution in [2.75, 3.05) is 13.1 Å². The van der Waals surface area contributed by atoms with Gasteiger partial charge >= 0.3 is 0 Å². The zero-order valence-corrected chi connectivity index (χ0v) is 17.1. The topological polar surface area (TPSA) is 64.2 Å². The van der Waals surface area contributed by atoms with E-state index in [1.165, 1.54) is 55.5 Å². The van der Waals surface area contributed by atoms with E-state index in [2.05, 4.69) is 4.90 Å². The third-order valence-corrected chi connectivity index (χ3v) is 6.42. The fourth-order valence-corrected chi connectivity index (χ4v) is 4.92. The van der Waals surface area contributed by atoms with Gasteiger partial charge < -0.3 is 5.73 Å². The van der Waals surface area contributed by atoms with Crippen molar-refractivity contribution in [1.29, 1.82) is 0 Å². The van der Waals surface area contributed by atoms with Crippen LogP contribution in [0.1, 0.15) is 61.9 Å². The molecule has 6 heteroatoms. The third kappa shape index (κ3) is 4.86. The first-order valence-electron chi connectivity index (χ1n) is 11.0. The van der Waals surface area contributed by atoms with Crippen LogP contribution in [0, 0.1) is 11.7 Å². The molecule has 0 spiro atoms. The molecule has 0 bridgehead atoms. The van der Waals surface area contributed by atoms with Crippen molar-refractivity contribution in [3.05, 3.63) is 47.0 Å². The van der Waals surface area contributed by atoms with Gasteiger partial charge in [-0.2, -0.15) is 5.10 Å². The first-order chi connectivity index (χ1) is 14.1. The molecule has 0 radical (unpaired) electrons. The average molecular weight is 399 g/mol. The lowest BCUT2D eigenvalue weighted by Crippen LogP contribution is -2.35. The first kappa shape index (κ1) is 20.1. The molecule has 0 atom stereocenters. The number of rotatable bonds is 8. The molecule has 4 rings (SSSR count). The van der Waals surface area contributed by atoms with Gasteiger partial charge in [-0.05, 0) is 68.0 Å². The normalized spacial score (nSPS) is 17.0. The lowest BCUT2D eigenvalue weighted by atomic mass is 9.87. The lowest BCUT2D eigenvalue weighted by molar-refractivity contribution is -0.119. The second kappa shape index (κ2) is 9.08. The Labute approximate surface area is 172 Å². The van der Waals surface area contributed by atoms with Crippen LogP contribution in [-0.4, -0.2) is 33.7 Å². The molecule has 1 aromatic carbocycles. The van der Waals surface area contributed by atoms with Gasteiger partial charge in [0.2, 0.25) is 5.91 Å². The van der Waals surface area contributed by atoms with E-state index in [4.69, 9.17) is 10.8 Å². The van der Waals surface area contributed by atoms with E-state index >= 15 is 0 Å². The van der Waals surface area contributed by atoms with Crippen molar-refractivity contribution in [3.63, 3.8) is 0 Å². The molecule has 0 aliphatic heterocycles. The number of halogens is 1. The highest BCUT2D eigenvalue weighted by Crippen LogP contribution is 2.30. The SMILES string of the molecule is NC(=O)CN(CCC1CCCCC1)Cc1nn(-c2ccc(F)cc2)c2c1CCC2. The van der Waals surface area contributed by atoms with Gasteiger partial charge in [0, 0.05) is 12.2 Å². The standard InChI is InChI=1S/C23H31FN4O/c24-18-9-11-19(12-10-18)28-22-8-4-7-20(22)21(26-28)15-27(16-23(25)29)14-13-17-5-2-1-3-6-17/h9-12,17H,1-8,13-16H2,(H2,25,29). The van der Waals surface area contributed by atoms with Gasteiger partial charge in [-0.1, -0.05) is 32.1 Å². The molecule has 29 heavy (non-hydrogen) atoms. The fraction of sp³-hybridized carbons (Fsp3) is 0.565. The van der Waals surface area contributed by atoms with Crippen molar-refractivity contribution in [1.82, 2.24) is 14.7 Å². The Morgan fingerprint density at radius 2 is 1.90 bits per heavy atom. The number of carbonyl (C=O) groups excluding carboxylic acids is 1. The maximum Gasteiger partial charge on any atom is 0.231 e. The van der Waals surface area contributed by atoms with Crippen LogP contribution in [0.4, 0.5) is 4.39 Å². The van der Waals surface area contributed by atoms with Gasteiger partial charge in [-0.15, -0.1) is 0 Å². The number of nitrogens with zero attached hydrogens (tertiary/aromatic N) is 3. The van der Waals surface area contributed by atoms with Crippen molar-refractivity contribution in [2.24, 2.45) is 11.7 Å². The smallest absolute Gasteiger partial charge is 0.231 e. The van der Waals surface area contributed by atoms with E-state index in [1.807, 2.05) is 4.68 Å². The van der Waals surface area contributed by atoms with Gasteiger partial charge in [-0.3, -0.25) is 9.69 Å². The summed E-state index contributed by atoms with van der Waals surface area (Å²) in [6.45, 7) is 1.79. The minimum atomic E-state index is -0.289. The predicted molar refractivity (Wildman–Crippen MR) is 111 cm³/mol. The monoisotopic (exact) mass is 398 g/mol. The Kier molecular flexibility index (Phi) is 6.28. The van der Waals surface area contributed by atoms with Gasteiger partial charge in [0.05, 0.1) is 17.9 Å². The summed E-state index contributed by atoms with van der Waals surface area (Å²) in [7, 11) is 0. The minimum Gasteiger partial charge on any atom is -0.369 e. The average Bonchev–Trinajstić information content (AvgIpc) is 3.31. The Hall–Kier alpha value is -2.21. The molecule has 2 aliphatic carbocycles. The molecule has 0 saturated heterocycles. The molecule has 1 heterocycles. The molecule has 156 valence electrons. The Morgan fingerprint density at radius 3 is 2.62 bits per heavy atom. The van der Waals surface area contributed by atoms with Gasteiger partial charge in [0.1, 0.15) is 5.82 Å². The van der Waals surface area contributed by atoms with Crippen molar-refractivity contribution in [2.45, 2.75) is 64.3 Å². The fourth-order valence-electron chi connectivity index (χ4n) is 4.92. The summed E-state index contributed by atoms with van der Waals surface area (Å²) < 4.78 is 15.3. The van der Waals surface area contributed by atoms with Crippen LogP contribution in [-0.2, 0) is 24.2 Å². The number of carbonyl (C=O) groups is 1. The second-order valence-corrected chi connectivity index (χ2v) is 8.58. The largest absolute Gasteiger partial charge is 0.369 e. The number of aromatic nitrogens is 2. The number of hydrogen-bond acceptors (Lipinski definition) is 3. The van der Waals surface area contributed by atoms with Crippen LogP contribution >= 0.6 is 0 Å². The summed E-state index contributed by atoms with van der Waals surface area (Å²) in [6.07, 6.45) is 10.8. The van der Waals surface area contributed by atoms with E-state index in [0.29, 0.717) is 6.54 Å². The van der Waals surface area contributed by atoms with Crippen LogP contribution in [0.3, 0.4) is 0 Å². The zero-order valence-electron chi connectivity index (χ0n) is 17.1. The molecular formula is C23H31FN4O. The molecule has 1 amide bonds. The third-order valence-electron chi connectivity index (χ3n) is 6.42. The van der Waals surface area contributed by atoms with E-state index in [0.717, 1.165) is 49.5 Å². The first-order valence-corrected chi connectivity index (χ1v) is 11.0. The van der Waals surface area contributed by atoms with Crippen LogP contribution in [0.5, 0.6) is 0 Å². The highest BCUT2D eigenvalue weighted by molar-refractivity contribution is 5.75. The lowest BCUT2D eigenvalue weighted by Gasteiger charge is -2.26. The van der Waals surface area contributed by atoms with Crippen molar-refractivity contribution >= 4 is 5.91 Å². The van der Waals surface area contributed by atoms with Crippen molar-refractivity contribution in [3.8, 4) is 5.69 Å². The van der Waals surface area contributed by atoms with E-state index in [-0.39, 0.29) is 18.3 Å². The summed E-state index contributed by atoms with van der Waals surface area (Å²) in [5.41, 5.74) is 9.97.